The molecule has 10 heteroatoms. The van der Waals surface area contributed by atoms with Crippen molar-refractivity contribution in [1.29, 1.82) is 5.26 Å². The van der Waals surface area contributed by atoms with Crippen LogP contribution in [0.15, 0.2) is 47.4 Å². The molecule has 2 aromatic rings. The Morgan fingerprint density at radius 1 is 1.17 bits per heavy atom. The van der Waals surface area contributed by atoms with Crippen LogP contribution in [0.4, 0.5) is 18.9 Å². The van der Waals surface area contributed by atoms with Crippen molar-refractivity contribution in [3.63, 3.8) is 0 Å². The zero-order valence-electron chi connectivity index (χ0n) is 11.6. The van der Waals surface area contributed by atoms with E-state index in [0.29, 0.717) is 0 Å². The molecule has 0 fully saturated rings. The van der Waals surface area contributed by atoms with Crippen molar-refractivity contribution in [3.8, 4) is 11.8 Å². The van der Waals surface area contributed by atoms with Gasteiger partial charge in [-0.1, -0.05) is 23.7 Å². The zero-order valence-corrected chi connectivity index (χ0v) is 13.2. The Balaban J connectivity index is 2.40. The number of para-hydroxylation sites is 1. The summed E-state index contributed by atoms with van der Waals surface area (Å²) in [6.07, 6.45) is -5.04. The van der Waals surface area contributed by atoms with Crippen molar-refractivity contribution in [3.05, 3.63) is 53.1 Å². The highest BCUT2D eigenvalue weighted by molar-refractivity contribution is 7.92. The first-order valence-corrected chi connectivity index (χ1v) is 8.06. The molecule has 0 atom stereocenters. The molecule has 0 spiro atoms. The number of hydrogen-bond acceptors (Lipinski definition) is 4. The van der Waals surface area contributed by atoms with Crippen molar-refractivity contribution in [2.45, 2.75) is 11.3 Å². The van der Waals surface area contributed by atoms with Gasteiger partial charge in [-0.25, -0.2) is 8.42 Å². The summed E-state index contributed by atoms with van der Waals surface area (Å²) in [7, 11) is -4.38. The van der Waals surface area contributed by atoms with Gasteiger partial charge in [0.25, 0.3) is 10.0 Å². The van der Waals surface area contributed by atoms with E-state index in [1.165, 1.54) is 24.3 Å². The van der Waals surface area contributed by atoms with E-state index in [0.717, 1.165) is 18.2 Å². The molecule has 0 aromatic heterocycles. The van der Waals surface area contributed by atoms with E-state index < -0.39 is 27.0 Å². The van der Waals surface area contributed by atoms with Gasteiger partial charge in [0.2, 0.25) is 0 Å². The second-order valence-electron chi connectivity index (χ2n) is 4.41. The first-order chi connectivity index (χ1) is 11.1. The molecule has 0 saturated heterocycles. The Labute approximate surface area is 140 Å². The van der Waals surface area contributed by atoms with Gasteiger partial charge in [-0.2, -0.15) is 5.26 Å². The molecule has 0 unspecified atom stereocenters. The number of ether oxygens (including phenoxy) is 1. The fraction of sp³-hybridized carbons (Fsp3) is 0.0714. The molecule has 0 aliphatic rings. The number of sulfonamides is 1. The number of nitrogens with one attached hydrogen (secondary N) is 1. The molecule has 24 heavy (non-hydrogen) atoms. The van der Waals surface area contributed by atoms with E-state index >= 15 is 0 Å². The van der Waals surface area contributed by atoms with Crippen molar-refractivity contribution >= 4 is 27.3 Å². The quantitative estimate of drug-likeness (QED) is 0.877. The highest BCUT2D eigenvalue weighted by atomic mass is 35.5. The molecule has 0 amide bonds. The third-order valence-electron chi connectivity index (χ3n) is 2.70. The molecule has 5 nitrogen and oxygen atoms in total. The zero-order chi connectivity index (χ0) is 18.0. The average molecular weight is 377 g/mol. The lowest BCUT2D eigenvalue weighted by atomic mass is 10.2. The minimum Gasteiger partial charge on any atom is -0.404 e. The lowest BCUT2D eigenvalue weighted by Crippen LogP contribution is -2.20. The van der Waals surface area contributed by atoms with Gasteiger partial charge in [-0.15, -0.1) is 13.2 Å². The summed E-state index contributed by atoms with van der Waals surface area (Å²) in [6, 6.07) is 9.78. The van der Waals surface area contributed by atoms with Crippen molar-refractivity contribution < 1.29 is 26.3 Å². The number of hydrogen-bond donors (Lipinski definition) is 1. The lowest BCUT2D eigenvalue weighted by Gasteiger charge is -2.14. The standard InChI is InChI=1S/C14H8ClF3N2O3S/c15-11-6-5-10(7-9(11)8-19)20-24(21,22)13-4-2-1-3-12(13)23-14(16,17)18/h1-7,20H. The second kappa shape index (κ2) is 6.59. The third kappa shape index (κ3) is 4.31. The number of halogens is 4. The first-order valence-electron chi connectivity index (χ1n) is 6.19. The highest BCUT2D eigenvalue weighted by Gasteiger charge is 2.34. The number of nitrogens with zero attached hydrogens (tertiary/aromatic N) is 1. The van der Waals surface area contributed by atoms with Crippen LogP contribution >= 0.6 is 11.6 Å². The summed E-state index contributed by atoms with van der Waals surface area (Å²) in [5, 5.41) is 8.99. The average Bonchev–Trinajstić information content (AvgIpc) is 2.47. The van der Waals surface area contributed by atoms with Crippen LogP contribution in [0.3, 0.4) is 0 Å². The number of anilines is 1. The van der Waals surface area contributed by atoms with Crippen LogP contribution in [0.5, 0.6) is 5.75 Å². The molecule has 2 rings (SSSR count). The Morgan fingerprint density at radius 2 is 1.83 bits per heavy atom. The molecular formula is C14H8ClF3N2O3S. The van der Waals surface area contributed by atoms with Gasteiger partial charge in [0.05, 0.1) is 16.3 Å². The molecule has 0 radical (unpaired) electrons. The van der Waals surface area contributed by atoms with E-state index in [9.17, 15) is 21.6 Å². The number of benzene rings is 2. The highest BCUT2D eigenvalue weighted by Crippen LogP contribution is 2.31. The summed E-state index contributed by atoms with van der Waals surface area (Å²) >= 11 is 5.74. The fourth-order valence-corrected chi connectivity index (χ4v) is 3.11. The maximum atomic E-state index is 12.4. The molecular weight excluding hydrogens is 369 g/mol. The normalized spacial score (nSPS) is 11.6. The van der Waals surface area contributed by atoms with Crippen LogP contribution in [0.2, 0.25) is 5.02 Å². The molecule has 0 saturated carbocycles. The van der Waals surface area contributed by atoms with Crippen LogP contribution in [0.1, 0.15) is 5.56 Å². The van der Waals surface area contributed by atoms with E-state index in [-0.39, 0.29) is 16.3 Å². The Kier molecular flexibility index (Phi) is 4.91. The molecule has 0 aliphatic carbocycles. The van der Waals surface area contributed by atoms with E-state index in [1.807, 2.05) is 0 Å². The van der Waals surface area contributed by atoms with Crippen LogP contribution < -0.4 is 9.46 Å². The maximum Gasteiger partial charge on any atom is 0.573 e. The van der Waals surface area contributed by atoms with Gasteiger partial charge >= 0.3 is 6.36 Å². The smallest absolute Gasteiger partial charge is 0.404 e. The lowest BCUT2D eigenvalue weighted by molar-refractivity contribution is -0.275. The van der Waals surface area contributed by atoms with Gasteiger partial charge in [0.1, 0.15) is 16.7 Å². The van der Waals surface area contributed by atoms with Crippen LogP contribution in [0, 0.1) is 11.3 Å². The van der Waals surface area contributed by atoms with Gasteiger partial charge in [-0.3, -0.25) is 4.72 Å². The van der Waals surface area contributed by atoms with Crippen molar-refractivity contribution in [2.24, 2.45) is 0 Å². The van der Waals surface area contributed by atoms with Crippen LogP contribution in [-0.4, -0.2) is 14.8 Å². The Hall–Kier alpha value is -2.44. The summed E-state index contributed by atoms with van der Waals surface area (Å²) in [6.45, 7) is 0. The van der Waals surface area contributed by atoms with Gasteiger partial charge in [0.15, 0.2) is 0 Å². The third-order valence-corrected chi connectivity index (χ3v) is 4.45. The fourth-order valence-electron chi connectivity index (χ4n) is 1.77. The number of rotatable bonds is 4. The molecule has 2 aromatic carbocycles. The molecule has 0 aliphatic heterocycles. The van der Waals surface area contributed by atoms with Crippen molar-refractivity contribution in [1.82, 2.24) is 0 Å². The van der Waals surface area contributed by atoms with Crippen LogP contribution in [0.25, 0.3) is 0 Å². The largest absolute Gasteiger partial charge is 0.573 e. The van der Waals surface area contributed by atoms with Gasteiger partial charge < -0.3 is 4.74 Å². The van der Waals surface area contributed by atoms with E-state index in [4.69, 9.17) is 16.9 Å². The first kappa shape index (κ1) is 17.9. The van der Waals surface area contributed by atoms with Gasteiger partial charge in [-0.05, 0) is 30.3 Å². The summed E-state index contributed by atoms with van der Waals surface area (Å²) < 4.78 is 67.6. The Bertz CT molecular complexity index is 908. The summed E-state index contributed by atoms with van der Waals surface area (Å²) in [5.41, 5.74) is -0.0190. The van der Waals surface area contributed by atoms with E-state index in [1.54, 1.807) is 6.07 Å². The second-order valence-corrected chi connectivity index (χ2v) is 6.46. The summed E-state index contributed by atoms with van der Waals surface area (Å²) in [4.78, 5) is -0.698. The number of nitriles is 1. The predicted molar refractivity (Wildman–Crippen MR) is 80.1 cm³/mol. The maximum absolute atomic E-state index is 12.4. The molecule has 0 heterocycles. The summed E-state index contributed by atoms with van der Waals surface area (Å²) in [5.74, 6) is -0.869. The predicted octanol–water partition coefficient (Wildman–Crippen LogP) is 3.91. The molecule has 0 bridgehead atoms. The topological polar surface area (TPSA) is 79.2 Å². The SMILES string of the molecule is N#Cc1cc(NS(=O)(=O)c2ccccc2OC(F)(F)F)ccc1Cl. The van der Waals surface area contributed by atoms with Crippen molar-refractivity contribution in [2.75, 3.05) is 4.72 Å². The monoisotopic (exact) mass is 376 g/mol. The molecule has 1 N–H and O–H groups in total. The van der Waals surface area contributed by atoms with Crippen LogP contribution in [-0.2, 0) is 10.0 Å². The molecule has 126 valence electrons. The number of alkyl halides is 3. The van der Waals surface area contributed by atoms with E-state index in [2.05, 4.69) is 9.46 Å². The minimum absolute atomic E-state index is 0.0108. The Morgan fingerprint density at radius 3 is 2.46 bits per heavy atom. The van der Waals surface area contributed by atoms with Gasteiger partial charge in [0, 0.05) is 0 Å². The minimum atomic E-state index is -5.04.